The molecule has 0 saturated carbocycles. The van der Waals surface area contributed by atoms with E-state index in [0.717, 1.165) is 22.7 Å². The molecule has 0 amide bonds. The number of Topliss-reactive ketones (excluding diaryl/α,β-unsaturated/α-hetero) is 1. The molecule has 1 aliphatic rings. The van der Waals surface area contributed by atoms with Gasteiger partial charge in [-0.15, -0.1) is 5.10 Å². The van der Waals surface area contributed by atoms with Crippen molar-refractivity contribution < 1.29 is 9.53 Å². The number of ketones is 1. The van der Waals surface area contributed by atoms with Crippen molar-refractivity contribution in [3.63, 3.8) is 0 Å². The second-order valence-corrected chi connectivity index (χ2v) is 7.01. The maximum atomic E-state index is 12.5. The molecule has 1 atom stereocenters. The van der Waals surface area contributed by atoms with E-state index >= 15 is 0 Å². The Kier molecular flexibility index (Phi) is 5.04. The fourth-order valence-electron chi connectivity index (χ4n) is 3.48. The van der Waals surface area contributed by atoms with Crippen LogP contribution in [0.15, 0.2) is 84.0 Å². The number of carbonyl (C=O) groups excluding carboxylic acids is 1. The lowest BCUT2D eigenvalue weighted by molar-refractivity contribution is -0.111. The molecule has 4 rings (SSSR count). The van der Waals surface area contributed by atoms with E-state index < -0.39 is 0 Å². The highest BCUT2D eigenvalue weighted by atomic mass is 16.5. The molecule has 1 heterocycles. The average Bonchev–Trinajstić information content (AvgIpc) is 3.16. The van der Waals surface area contributed by atoms with E-state index in [1.165, 1.54) is 5.56 Å². The highest BCUT2D eigenvalue weighted by Gasteiger charge is 2.39. The van der Waals surface area contributed by atoms with Crippen molar-refractivity contribution in [1.82, 2.24) is 0 Å². The topological polar surface area (TPSA) is 45.1 Å². The zero-order valence-corrected chi connectivity index (χ0v) is 16.7. The predicted molar refractivity (Wildman–Crippen MR) is 116 cm³/mol. The van der Waals surface area contributed by atoms with Crippen molar-refractivity contribution in [1.29, 1.82) is 0 Å². The molecule has 0 bridgehead atoms. The van der Waals surface area contributed by atoms with Gasteiger partial charge < -0.3 is 4.74 Å². The van der Waals surface area contributed by atoms with Crippen LogP contribution in [-0.4, -0.2) is 18.7 Å². The third-order valence-corrected chi connectivity index (χ3v) is 4.97. The minimum Gasteiger partial charge on any atom is -0.497 e. The molecular weight excluding hydrogens is 362 g/mol. The first-order valence-electron chi connectivity index (χ1n) is 9.52. The van der Waals surface area contributed by atoms with Crippen LogP contribution in [0.3, 0.4) is 0 Å². The number of aryl methyl sites for hydroxylation is 1. The lowest BCUT2D eigenvalue weighted by Gasteiger charge is -2.32. The first-order valence-corrected chi connectivity index (χ1v) is 9.52. The van der Waals surface area contributed by atoms with Crippen molar-refractivity contribution in [3.05, 3.63) is 90.0 Å². The van der Waals surface area contributed by atoms with Gasteiger partial charge in [-0.25, -0.2) is 5.01 Å². The number of hydrogen-bond acceptors (Lipinski definition) is 5. The number of anilines is 2. The van der Waals surface area contributed by atoms with Gasteiger partial charge in [0.1, 0.15) is 5.75 Å². The third kappa shape index (κ3) is 3.59. The summed E-state index contributed by atoms with van der Waals surface area (Å²) in [6.45, 7) is 3.62. The van der Waals surface area contributed by atoms with Gasteiger partial charge in [-0.05, 0) is 48.9 Å². The number of benzene rings is 3. The van der Waals surface area contributed by atoms with Crippen LogP contribution in [0.5, 0.6) is 5.75 Å². The van der Waals surface area contributed by atoms with Crippen LogP contribution in [0.1, 0.15) is 24.2 Å². The van der Waals surface area contributed by atoms with Crippen LogP contribution in [0.4, 0.5) is 11.4 Å². The fourth-order valence-corrected chi connectivity index (χ4v) is 3.48. The van der Waals surface area contributed by atoms with Gasteiger partial charge in [-0.3, -0.25) is 9.69 Å². The van der Waals surface area contributed by atoms with Gasteiger partial charge in [-0.2, -0.15) is 0 Å². The van der Waals surface area contributed by atoms with Gasteiger partial charge in [0.2, 0.25) is 0 Å². The highest BCUT2D eigenvalue weighted by molar-refractivity contribution is 6.44. The Morgan fingerprint density at radius 2 is 1.55 bits per heavy atom. The second kappa shape index (κ2) is 7.80. The van der Waals surface area contributed by atoms with E-state index in [9.17, 15) is 4.79 Å². The number of hydrogen-bond donors (Lipinski definition) is 0. The molecule has 0 radical (unpaired) electrons. The van der Waals surface area contributed by atoms with Crippen LogP contribution in [0.2, 0.25) is 0 Å². The zero-order chi connectivity index (χ0) is 20.4. The van der Waals surface area contributed by atoms with Crippen LogP contribution in [-0.2, 0) is 4.79 Å². The molecule has 29 heavy (non-hydrogen) atoms. The van der Waals surface area contributed by atoms with Gasteiger partial charge in [-0.1, -0.05) is 48.0 Å². The monoisotopic (exact) mass is 385 g/mol. The number of carbonyl (C=O) groups is 1. The molecular formula is C24H23N3O2. The number of para-hydroxylation sites is 1. The maximum Gasteiger partial charge on any atom is 0.198 e. The number of amidine groups is 1. The molecule has 5 nitrogen and oxygen atoms in total. The summed E-state index contributed by atoms with van der Waals surface area (Å²) in [5, 5.41) is 6.63. The Morgan fingerprint density at radius 3 is 2.14 bits per heavy atom. The Hall–Kier alpha value is -3.60. The van der Waals surface area contributed by atoms with Gasteiger partial charge in [0.25, 0.3) is 0 Å². The molecule has 146 valence electrons. The Labute approximate surface area is 170 Å². The van der Waals surface area contributed by atoms with Crippen molar-refractivity contribution >= 4 is 23.0 Å². The van der Waals surface area contributed by atoms with Gasteiger partial charge >= 0.3 is 0 Å². The number of rotatable bonds is 5. The summed E-state index contributed by atoms with van der Waals surface area (Å²) >= 11 is 0. The first kappa shape index (κ1) is 18.7. The molecule has 0 spiro atoms. The fraction of sp³-hybridized carbons (Fsp3) is 0.167. The van der Waals surface area contributed by atoms with Gasteiger partial charge in [0.05, 0.1) is 12.8 Å². The molecule has 1 aliphatic heterocycles. The summed E-state index contributed by atoms with van der Waals surface area (Å²) in [5.74, 6) is 1.11. The van der Waals surface area contributed by atoms with Crippen molar-refractivity contribution in [2.45, 2.75) is 20.0 Å². The molecule has 3 aromatic carbocycles. The van der Waals surface area contributed by atoms with Crippen LogP contribution < -0.4 is 14.6 Å². The largest absolute Gasteiger partial charge is 0.497 e. The molecule has 3 aromatic rings. The van der Waals surface area contributed by atoms with E-state index in [1.807, 2.05) is 64.5 Å². The van der Waals surface area contributed by atoms with E-state index in [-0.39, 0.29) is 11.9 Å². The summed E-state index contributed by atoms with van der Waals surface area (Å²) in [6.07, 6.45) is -0.273. The summed E-state index contributed by atoms with van der Waals surface area (Å²) < 4.78 is 5.29. The van der Waals surface area contributed by atoms with Crippen LogP contribution >= 0.6 is 0 Å². The number of methoxy groups -OCH3 is 1. The SMILES string of the molecule is COc1ccc(N2N=C(C(C)=O)N(c3ccccc3)C2c2ccc(C)cc2)cc1. The number of ether oxygens (including phenoxy) is 1. The van der Waals surface area contributed by atoms with E-state index in [1.54, 1.807) is 14.0 Å². The van der Waals surface area contributed by atoms with Crippen molar-refractivity contribution in [3.8, 4) is 5.75 Å². The second-order valence-electron chi connectivity index (χ2n) is 7.01. The number of hydrazone groups is 1. The Balaban J connectivity index is 1.87. The van der Waals surface area contributed by atoms with E-state index in [2.05, 4.69) is 31.2 Å². The minimum atomic E-state index is -0.273. The third-order valence-electron chi connectivity index (χ3n) is 4.97. The summed E-state index contributed by atoms with van der Waals surface area (Å²) in [6, 6.07) is 25.9. The average molecular weight is 385 g/mol. The standard InChI is InChI=1S/C24H23N3O2/c1-17-9-11-19(12-10-17)24-26(20-7-5-4-6-8-20)23(18(2)28)25-27(24)21-13-15-22(29-3)16-14-21/h4-16,24H,1-3H3. The molecule has 1 unspecified atom stereocenters. The lowest BCUT2D eigenvalue weighted by Crippen LogP contribution is -2.37. The normalized spacial score (nSPS) is 16.0. The highest BCUT2D eigenvalue weighted by Crippen LogP contribution is 2.39. The smallest absolute Gasteiger partial charge is 0.198 e. The molecule has 0 fully saturated rings. The van der Waals surface area contributed by atoms with Crippen molar-refractivity contribution in [2.75, 3.05) is 17.0 Å². The van der Waals surface area contributed by atoms with E-state index in [4.69, 9.17) is 9.84 Å². The van der Waals surface area contributed by atoms with E-state index in [0.29, 0.717) is 5.84 Å². The summed E-state index contributed by atoms with van der Waals surface area (Å²) in [5.41, 5.74) is 4.04. The lowest BCUT2D eigenvalue weighted by atomic mass is 10.1. The molecule has 0 aliphatic carbocycles. The van der Waals surface area contributed by atoms with Crippen LogP contribution in [0, 0.1) is 6.92 Å². The molecule has 5 heteroatoms. The van der Waals surface area contributed by atoms with Gasteiger partial charge in [0, 0.05) is 12.6 Å². The van der Waals surface area contributed by atoms with Crippen LogP contribution in [0.25, 0.3) is 0 Å². The van der Waals surface area contributed by atoms with Crippen molar-refractivity contribution in [2.24, 2.45) is 5.10 Å². The molecule has 0 N–H and O–H groups in total. The Morgan fingerprint density at radius 1 is 0.897 bits per heavy atom. The minimum absolute atomic E-state index is 0.0815. The quantitative estimate of drug-likeness (QED) is 0.625. The summed E-state index contributed by atoms with van der Waals surface area (Å²) in [7, 11) is 1.64. The zero-order valence-electron chi connectivity index (χ0n) is 16.7. The molecule has 0 aromatic heterocycles. The predicted octanol–water partition coefficient (Wildman–Crippen LogP) is 4.93. The first-order chi connectivity index (χ1) is 14.1. The number of nitrogens with zero attached hydrogens (tertiary/aromatic N) is 3. The summed E-state index contributed by atoms with van der Waals surface area (Å²) in [4.78, 5) is 14.5. The Bertz CT molecular complexity index is 1030. The maximum absolute atomic E-state index is 12.5. The molecule has 0 saturated heterocycles. The van der Waals surface area contributed by atoms with Gasteiger partial charge in [0.15, 0.2) is 17.8 Å².